The first-order valence-corrected chi connectivity index (χ1v) is 6.76. The number of aryl methyl sites for hydroxylation is 2. The van der Waals surface area contributed by atoms with Crippen LogP contribution in [0.1, 0.15) is 17.5 Å². The number of hydrogen-bond donors (Lipinski definition) is 1. The smallest absolute Gasteiger partial charge is 0.229 e. The van der Waals surface area contributed by atoms with Crippen molar-refractivity contribution in [1.29, 1.82) is 0 Å². The van der Waals surface area contributed by atoms with E-state index in [0.29, 0.717) is 18.8 Å². The number of carbonyl (C=O) groups excluding carboxylic acids is 1. The summed E-state index contributed by atoms with van der Waals surface area (Å²) < 4.78 is 0.783. The summed E-state index contributed by atoms with van der Waals surface area (Å²) in [7, 11) is 0. The minimum absolute atomic E-state index is 0.0807. The average molecular weight is 320 g/mol. The third-order valence-electron chi connectivity index (χ3n) is 2.63. The first kappa shape index (κ1) is 13.7. The van der Waals surface area contributed by atoms with Gasteiger partial charge in [0.05, 0.1) is 4.47 Å². The Labute approximate surface area is 120 Å². The number of carbonyl (C=O) groups is 1. The van der Waals surface area contributed by atoms with Crippen LogP contribution in [0.4, 0.5) is 5.95 Å². The maximum atomic E-state index is 11.7. The van der Waals surface area contributed by atoms with Crippen molar-refractivity contribution < 1.29 is 4.79 Å². The predicted molar refractivity (Wildman–Crippen MR) is 77.9 cm³/mol. The second-order valence-electron chi connectivity index (χ2n) is 4.26. The molecule has 0 saturated carbocycles. The van der Waals surface area contributed by atoms with Crippen LogP contribution >= 0.6 is 15.9 Å². The number of rotatable bonds is 4. The van der Waals surface area contributed by atoms with E-state index < -0.39 is 0 Å². The van der Waals surface area contributed by atoms with Gasteiger partial charge in [0.15, 0.2) is 0 Å². The molecular formula is C14H14BrN3O. The van der Waals surface area contributed by atoms with Crippen LogP contribution in [0.15, 0.2) is 41.1 Å². The Morgan fingerprint density at radius 3 is 2.47 bits per heavy atom. The van der Waals surface area contributed by atoms with Crippen LogP contribution in [0.2, 0.25) is 0 Å². The lowest BCUT2D eigenvalue weighted by molar-refractivity contribution is -0.116. The van der Waals surface area contributed by atoms with Crippen molar-refractivity contribution in [3.63, 3.8) is 0 Å². The number of hydrogen-bond acceptors (Lipinski definition) is 3. The van der Waals surface area contributed by atoms with E-state index in [0.717, 1.165) is 10.0 Å². The summed E-state index contributed by atoms with van der Waals surface area (Å²) in [5.74, 6) is 0.250. The summed E-state index contributed by atoms with van der Waals surface area (Å²) in [6.45, 7) is 2.04. The molecular weight excluding hydrogens is 306 g/mol. The molecule has 0 atom stereocenters. The predicted octanol–water partition coefficient (Wildman–Crippen LogP) is 3.12. The molecule has 1 aromatic heterocycles. The lowest BCUT2D eigenvalue weighted by atomic mass is 10.1. The van der Waals surface area contributed by atoms with E-state index in [9.17, 15) is 4.79 Å². The van der Waals surface area contributed by atoms with E-state index in [1.165, 1.54) is 5.56 Å². The second-order valence-corrected chi connectivity index (χ2v) is 5.17. The van der Waals surface area contributed by atoms with Crippen LogP contribution in [-0.2, 0) is 11.2 Å². The molecule has 0 saturated heterocycles. The molecule has 1 amide bonds. The molecule has 1 aromatic carbocycles. The molecule has 0 aliphatic carbocycles. The molecule has 19 heavy (non-hydrogen) atoms. The molecule has 4 nitrogen and oxygen atoms in total. The average Bonchev–Trinajstić information content (AvgIpc) is 2.41. The monoisotopic (exact) mass is 319 g/mol. The first-order valence-electron chi connectivity index (χ1n) is 5.96. The Morgan fingerprint density at radius 2 is 1.84 bits per heavy atom. The fourth-order valence-electron chi connectivity index (χ4n) is 1.58. The Morgan fingerprint density at radius 1 is 1.21 bits per heavy atom. The molecule has 2 rings (SSSR count). The number of anilines is 1. The molecule has 0 fully saturated rings. The maximum Gasteiger partial charge on any atom is 0.229 e. The lowest BCUT2D eigenvalue weighted by Gasteiger charge is -2.04. The highest BCUT2D eigenvalue weighted by molar-refractivity contribution is 9.10. The second kappa shape index (κ2) is 6.43. The van der Waals surface area contributed by atoms with Gasteiger partial charge in [-0.25, -0.2) is 9.97 Å². The molecule has 5 heteroatoms. The molecule has 0 spiro atoms. The largest absolute Gasteiger partial charge is 0.295 e. The summed E-state index contributed by atoms with van der Waals surface area (Å²) in [4.78, 5) is 19.7. The van der Waals surface area contributed by atoms with Crippen LogP contribution < -0.4 is 5.32 Å². The van der Waals surface area contributed by atoms with Gasteiger partial charge in [0.1, 0.15) is 0 Å². The van der Waals surface area contributed by atoms with Gasteiger partial charge in [-0.1, -0.05) is 29.8 Å². The first-order chi connectivity index (χ1) is 9.13. The molecule has 1 N–H and O–H groups in total. The highest BCUT2D eigenvalue weighted by Gasteiger charge is 2.04. The van der Waals surface area contributed by atoms with Crippen LogP contribution in [0.5, 0.6) is 0 Å². The van der Waals surface area contributed by atoms with Gasteiger partial charge < -0.3 is 0 Å². The van der Waals surface area contributed by atoms with Crippen LogP contribution in [-0.4, -0.2) is 15.9 Å². The number of nitrogens with one attached hydrogen (secondary N) is 1. The number of aromatic nitrogens is 2. The minimum Gasteiger partial charge on any atom is -0.295 e. The SMILES string of the molecule is Cc1ccc(CCC(=O)Nc2ncc(Br)cn2)cc1. The van der Waals surface area contributed by atoms with Crippen LogP contribution in [0.25, 0.3) is 0 Å². The van der Waals surface area contributed by atoms with Crippen molar-refractivity contribution in [3.8, 4) is 0 Å². The van der Waals surface area contributed by atoms with Crippen molar-refractivity contribution in [3.05, 3.63) is 52.3 Å². The van der Waals surface area contributed by atoms with Gasteiger partial charge in [0.2, 0.25) is 11.9 Å². The summed E-state index contributed by atoms with van der Waals surface area (Å²) in [5, 5.41) is 2.67. The van der Waals surface area contributed by atoms with Gasteiger partial charge in [-0.05, 0) is 34.8 Å². The minimum atomic E-state index is -0.0807. The van der Waals surface area contributed by atoms with Gasteiger partial charge in [0, 0.05) is 18.8 Å². The Kier molecular flexibility index (Phi) is 4.63. The molecule has 0 bridgehead atoms. The van der Waals surface area contributed by atoms with E-state index in [1.807, 2.05) is 31.2 Å². The van der Waals surface area contributed by atoms with E-state index in [1.54, 1.807) is 12.4 Å². The third-order valence-corrected chi connectivity index (χ3v) is 3.04. The quantitative estimate of drug-likeness (QED) is 0.942. The number of nitrogens with zero attached hydrogens (tertiary/aromatic N) is 2. The molecule has 0 aliphatic heterocycles. The third kappa shape index (κ3) is 4.44. The normalized spacial score (nSPS) is 10.2. The lowest BCUT2D eigenvalue weighted by Crippen LogP contribution is -2.14. The zero-order valence-electron chi connectivity index (χ0n) is 10.6. The number of halogens is 1. The van der Waals surface area contributed by atoms with Gasteiger partial charge in [-0.3, -0.25) is 10.1 Å². The summed E-state index contributed by atoms with van der Waals surface area (Å²) >= 11 is 3.24. The van der Waals surface area contributed by atoms with E-state index >= 15 is 0 Å². The molecule has 0 unspecified atom stereocenters. The van der Waals surface area contributed by atoms with Crippen molar-refractivity contribution >= 4 is 27.8 Å². The molecule has 0 aliphatic rings. The molecule has 1 heterocycles. The van der Waals surface area contributed by atoms with Crippen molar-refractivity contribution in [2.45, 2.75) is 19.8 Å². The van der Waals surface area contributed by atoms with Crippen LogP contribution in [0.3, 0.4) is 0 Å². The molecule has 0 radical (unpaired) electrons. The molecule has 2 aromatic rings. The highest BCUT2D eigenvalue weighted by Crippen LogP contribution is 2.08. The summed E-state index contributed by atoms with van der Waals surface area (Å²) in [6.07, 6.45) is 4.33. The van der Waals surface area contributed by atoms with Crippen molar-refractivity contribution in [2.75, 3.05) is 5.32 Å². The van der Waals surface area contributed by atoms with Crippen LogP contribution in [0, 0.1) is 6.92 Å². The fourth-order valence-corrected chi connectivity index (χ4v) is 1.78. The zero-order valence-corrected chi connectivity index (χ0v) is 12.1. The van der Waals surface area contributed by atoms with Gasteiger partial charge in [0.25, 0.3) is 0 Å². The fraction of sp³-hybridized carbons (Fsp3) is 0.214. The highest BCUT2D eigenvalue weighted by atomic mass is 79.9. The number of amides is 1. The van der Waals surface area contributed by atoms with Gasteiger partial charge in [-0.2, -0.15) is 0 Å². The van der Waals surface area contributed by atoms with E-state index in [4.69, 9.17) is 0 Å². The van der Waals surface area contributed by atoms with E-state index in [2.05, 4.69) is 31.2 Å². The molecule has 98 valence electrons. The topological polar surface area (TPSA) is 54.9 Å². The Balaban J connectivity index is 1.84. The van der Waals surface area contributed by atoms with E-state index in [-0.39, 0.29) is 5.91 Å². The standard InChI is InChI=1S/C14H14BrN3O/c1-10-2-4-11(5-3-10)6-7-13(19)18-14-16-8-12(15)9-17-14/h2-5,8-9H,6-7H2,1H3,(H,16,17,18,19). The zero-order chi connectivity index (χ0) is 13.7. The van der Waals surface area contributed by atoms with Crippen molar-refractivity contribution in [2.24, 2.45) is 0 Å². The van der Waals surface area contributed by atoms with Crippen molar-refractivity contribution in [1.82, 2.24) is 9.97 Å². The maximum absolute atomic E-state index is 11.7. The summed E-state index contributed by atoms with van der Waals surface area (Å²) in [5.41, 5.74) is 2.37. The van der Waals surface area contributed by atoms with Gasteiger partial charge >= 0.3 is 0 Å². The Bertz CT molecular complexity index is 552. The Hall–Kier alpha value is -1.75. The number of benzene rings is 1. The van der Waals surface area contributed by atoms with Gasteiger partial charge in [-0.15, -0.1) is 0 Å². The summed E-state index contributed by atoms with van der Waals surface area (Å²) in [6, 6.07) is 8.17.